The van der Waals surface area contributed by atoms with E-state index in [1.54, 1.807) is 6.92 Å². The van der Waals surface area contributed by atoms with E-state index >= 15 is 0 Å². The van der Waals surface area contributed by atoms with Crippen LogP contribution in [0.2, 0.25) is 5.15 Å². The minimum absolute atomic E-state index is 0.0994. The Hall–Kier alpha value is -1.94. The SMILES string of the molecule is CCOC(=O)c1cnc(-c2ccccc2)nc1Cl. The summed E-state index contributed by atoms with van der Waals surface area (Å²) in [5.74, 6) is -0.0317. The Morgan fingerprint density at radius 3 is 2.67 bits per heavy atom. The third kappa shape index (κ3) is 2.65. The normalized spacial score (nSPS) is 10.1. The maximum atomic E-state index is 11.5. The Balaban J connectivity index is 2.34. The van der Waals surface area contributed by atoms with E-state index in [-0.39, 0.29) is 17.3 Å². The second kappa shape index (κ2) is 5.60. The van der Waals surface area contributed by atoms with Crippen molar-refractivity contribution in [2.75, 3.05) is 6.61 Å². The Morgan fingerprint density at radius 1 is 1.33 bits per heavy atom. The van der Waals surface area contributed by atoms with Crippen LogP contribution >= 0.6 is 11.6 Å². The molecule has 0 amide bonds. The van der Waals surface area contributed by atoms with Crippen LogP contribution in [0.15, 0.2) is 36.5 Å². The highest BCUT2D eigenvalue weighted by molar-refractivity contribution is 6.32. The fourth-order valence-electron chi connectivity index (χ4n) is 1.43. The number of carbonyl (C=O) groups excluding carboxylic acids is 1. The average molecular weight is 263 g/mol. The molecule has 92 valence electrons. The second-order valence-corrected chi connectivity index (χ2v) is 3.84. The van der Waals surface area contributed by atoms with E-state index in [1.807, 2.05) is 30.3 Å². The van der Waals surface area contributed by atoms with Crippen molar-refractivity contribution in [1.29, 1.82) is 0 Å². The average Bonchev–Trinajstić information content (AvgIpc) is 2.40. The molecule has 0 aliphatic carbocycles. The van der Waals surface area contributed by atoms with E-state index in [1.165, 1.54) is 6.20 Å². The first kappa shape index (κ1) is 12.5. The monoisotopic (exact) mass is 262 g/mol. The van der Waals surface area contributed by atoms with Crippen molar-refractivity contribution in [1.82, 2.24) is 9.97 Å². The summed E-state index contributed by atoms with van der Waals surface area (Å²) in [6.45, 7) is 2.01. The van der Waals surface area contributed by atoms with Gasteiger partial charge in [0.05, 0.1) is 6.61 Å². The lowest BCUT2D eigenvalue weighted by Gasteiger charge is -2.05. The summed E-state index contributed by atoms with van der Waals surface area (Å²) in [6, 6.07) is 9.40. The maximum absolute atomic E-state index is 11.5. The van der Waals surface area contributed by atoms with Gasteiger partial charge in [0.15, 0.2) is 5.82 Å². The highest BCUT2D eigenvalue weighted by Gasteiger charge is 2.14. The summed E-state index contributed by atoms with van der Waals surface area (Å²) >= 11 is 5.96. The summed E-state index contributed by atoms with van der Waals surface area (Å²) in [7, 11) is 0. The van der Waals surface area contributed by atoms with Gasteiger partial charge in [0.2, 0.25) is 0 Å². The number of hydrogen-bond donors (Lipinski definition) is 0. The predicted molar refractivity (Wildman–Crippen MR) is 68.4 cm³/mol. The van der Waals surface area contributed by atoms with Gasteiger partial charge in [-0.1, -0.05) is 41.9 Å². The summed E-state index contributed by atoms with van der Waals surface area (Å²) in [5, 5.41) is 0.0994. The van der Waals surface area contributed by atoms with E-state index in [0.29, 0.717) is 5.82 Å². The van der Waals surface area contributed by atoms with Crippen LogP contribution in [0.4, 0.5) is 0 Å². The topological polar surface area (TPSA) is 52.1 Å². The summed E-state index contributed by atoms with van der Waals surface area (Å²) in [6.07, 6.45) is 1.38. The molecule has 0 saturated carbocycles. The number of carbonyl (C=O) groups is 1. The van der Waals surface area contributed by atoms with Crippen molar-refractivity contribution in [2.24, 2.45) is 0 Å². The smallest absolute Gasteiger partial charge is 0.342 e. The molecule has 0 aliphatic rings. The molecule has 1 heterocycles. The summed E-state index contributed by atoms with van der Waals surface area (Å²) in [5.41, 5.74) is 1.02. The lowest BCUT2D eigenvalue weighted by atomic mass is 10.2. The van der Waals surface area contributed by atoms with E-state index < -0.39 is 5.97 Å². The minimum atomic E-state index is -0.512. The number of benzene rings is 1. The molecular weight excluding hydrogens is 252 g/mol. The minimum Gasteiger partial charge on any atom is -0.462 e. The van der Waals surface area contributed by atoms with Gasteiger partial charge in [-0.2, -0.15) is 0 Å². The van der Waals surface area contributed by atoms with Crippen LogP contribution in [0.25, 0.3) is 11.4 Å². The third-order valence-corrected chi connectivity index (χ3v) is 2.56. The number of ether oxygens (including phenoxy) is 1. The third-order valence-electron chi connectivity index (χ3n) is 2.27. The molecule has 1 aromatic heterocycles. The Labute approximate surface area is 110 Å². The van der Waals surface area contributed by atoms with Crippen molar-refractivity contribution < 1.29 is 9.53 Å². The molecule has 2 rings (SSSR count). The van der Waals surface area contributed by atoms with Gasteiger partial charge >= 0.3 is 5.97 Å². The van der Waals surface area contributed by atoms with Crippen LogP contribution in [0.1, 0.15) is 17.3 Å². The van der Waals surface area contributed by atoms with Crippen LogP contribution in [0, 0.1) is 0 Å². The molecule has 18 heavy (non-hydrogen) atoms. The van der Waals surface area contributed by atoms with E-state index in [9.17, 15) is 4.79 Å². The Morgan fingerprint density at radius 2 is 2.06 bits per heavy atom. The van der Waals surface area contributed by atoms with Gasteiger partial charge < -0.3 is 4.74 Å². The largest absolute Gasteiger partial charge is 0.462 e. The van der Waals surface area contributed by atoms with Crippen molar-refractivity contribution in [3.63, 3.8) is 0 Å². The van der Waals surface area contributed by atoms with Gasteiger partial charge in [-0.15, -0.1) is 0 Å². The van der Waals surface area contributed by atoms with Crippen LogP contribution < -0.4 is 0 Å². The molecule has 5 heteroatoms. The lowest BCUT2D eigenvalue weighted by Crippen LogP contribution is -2.07. The molecule has 1 aromatic carbocycles. The Bertz CT molecular complexity index is 558. The fraction of sp³-hybridized carbons (Fsp3) is 0.154. The first-order chi connectivity index (χ1) is 8.72. The van der Waals surface area contributed by atoms with Gasteiger partial charge in [-0.05, 0) is 6.92 Å². The molecule has 4 nitrogen and oxygen atoms in total. The zero-order chi connectivity index (χ0) is 13.0. The van der Waals surface area contributed by atoms with Gasteiger partial charge in [-0.25, -0.2) is 14.8 Å². The summed E-state index contributed by atoms with van der Waals surface area (Å²) in [4.78, 5) is 19.7. The van der Waals surface area contributed by atoms with Gasteiger partial charge in [-0.3, -0.25) is 0 Å². The maximum Gasteiger partial charge on any atom is 0.342 e. The molecule has 0 spiro atoms. The number of hydrogen-bond acceptors (Lipinski definition) is 4. The molecule has 0 atom stereocenters. The van der Waals surface area contributed by atoms with Crippen LogP contribution in [-0.2, 0) is 4.74 Å². The van der Waals surface area contributed by atoms with Gasteiger partial charge in [0.1, 0.15) is 10.7 Å². The van der Waals surface area contributed by atoms with Crippen molar-refractivity contribution in [3.05, 3.63) is 47.2 Å². The lowest BCUT2D eigenvalue weighted by molar-refractivity contribution is 0.0525. The van der Waals surface area contributed by atoms with Gasteiger partial charge in [0, 0.05) is 11.8 Å². The van der Waals surface area contributed by atoms with Crippen LogP contribution in [0.5, 0.6) is 0 Å². The number of esters is 1. The molecular formula is C13H11ClN2O2. The second-order valence-electron chi connectivity index (χ2n) is 3.48. The highest BCUT2D eigenvalue weighted by Crippen LogP contribution is 2.19. The molecule has 2 aromatic rings. The van der Waals surface area contributed by atoms with E-state index in [2.05, 4.69) is 9.97 Å². The fourth-order valence-corrected chi connectivity index (χ4v) is 1.64. The highest BCUT2D eigenvalue weighted by atomic mass is 35.5. The number of rotatable bonds is 3. The molecule has 0 fully saturated rings. The summed E-state index contributed by atoms with van der Waals surface area (Å²) < 4.78 is 4.85. The van der Waals surface area contributed by atoms with Crippen LogP contribution in [0.3, 0.4) is 0 Å². The first-order valence-electron chi connectivity index (χ1n) is 5.47. The van der Waals surface area contributed by atoms with Crippen LogP contribution in [-0.4, -0.2) is 22.5 Å². The molecule has 0 radical (unpaired) electrons. The molecule has 0 saturated heterocycles. The number of nitrogens with zero attached hydrogens (tertiary/aromatic N) is 2. The first-order valence-corrected chi connectivity index (χ1v) is 5.85. The molecule has 0 bridgehead atoms. The van der Waals surface area contributed by atoms with E-state index in [4.69, 9.17) is 16.3 Å². The zero-order valence-electron chi connectivity index (χ0n) is 9.76. The van der Waals surface area contributed by atoms with Crippen molar-refractivity contribution in [2.45, 2.75) is 6.92 Å². The van der Waals surface area contributed by atoms with E-state index in [0.717, 1.165) is 5.56 Å². The molecule has 0 aliphatic heterocycles. The number of aromatic nitrogens is 2. The molecule has 0 unspecified atom stereocenters. The molecule has 0 N–H and O–H groups in total. The van der Waals surface area contributed by atoms with Gasteiger partial charge in [0.25, 0.3) is 0 Å². The predicted octanol–water partition coefficient (Wildman–Crippen LogP) is 2.97. The zero-order valence-corrected chi connectivity index (χ0v) is 10.5. The number of halogens is 1. The van der Waals surface area contributed by atoms with Crippen molar-refractivity contribution >= 4 is 17.6 Å². The van der Waals surface area contributed by atoms with Crippen molar-refractivity contribution in [3.8, 4) is 11.4 Å². The Kier molecular flexibility index (Phi) is 3.89. The standard InChI is InChI=1S/C13H11ClN2O2/c1-2-18-13(17)10-8-15-12(16-11(10)14)9-6-4-3-5-7-9/h3-8H,2H2,1H3. The quantitative estimate of drug-likeness (QED) is 0.630.